The number of carbonyl (C=O) groups excluding carboxylic acids is 3. The van der Waals surface area contributed by atoms with Gasteiger partial charge in [0.2, 0.25) is 11.8 Å². The molecule has 14 heteroatoms. The van der Waals surface area contributed by atoms with E-state index in [1.807, 2.05) is 84.6 Å². The zero-order valence-corrected chi connectivity index (χ0v) is 40.1. The van der Waals surface area contributed by atoms with Crippen molar-refractivity contribution in [2.45, 2.75) is 101 Å². The van der Waals surface area contributed by atoms with E-state index < -0.39 is 25.8 Å². The van der Waals surface area contributed by atoms with Crippen LogP contribution in [0.3, 0.4) is 0 Å². The number of rotatable bonds is 16. The van der Waals surface area contributed by atoms with Crippen molar-refractivity contribution in [1.29, 1.82) is 0 Å². The molecule has 1 spiro atoms. The Hall–Kier alpha value is -4.57. The van der Waals surface area contributed by atoms with Gasteiger partial charge in [0.15, 0.2) is 5.60 Å². The number of likely N-dealkylation sites (tertiary alicyclic amines) is 1. The van der Waals surface area contributed by atoms with Crippen molar-refractivity contribution in [2.24, 2.45) is 5.92 Å². The van der Waals surface area contributed by atoms with E-state index in [2.05, 4.69) is 53.4 Å². The summed E-state index contributed by atoms with van der Waals surface area (Å²) in [5, 5.41) is 24.1. The van der Waals surface area contributed by atoms with Crippen LogP contribution in [0.25, 0.3) is 0 Å². The van der Waals surface area contributed by atoms with Gasteiger partial charge in [0, 0.05) is 34.8 Å². The van der Waals surface area contributed by atoms with Crippen LogP contribution < -0.4 is 29.8 Å². The molecule has 4 aliphatic heterocycles. The molecule has 0 aliphatic carbocycles. The second kappa shape index (κ2) is 19.1. The van der Waals surface area contributed by atoms with Gasteiger partial charge in [-0.3, -0.25) is 19.3 Å². The molecule has 6 atom stereocenters. The standard InChI is InChI=1S/C50H61BrN4O8Si/c1-6-62-39-18-22-43-34(26-39)27-42(52-23-7-8-25-56)48(59)55(43)36-14-11-33(12-15-36)30-54-44-21-13-35(51)28-41(44)50(49(54)60)32(2)47(64(4,5)40-19-16-38(61-3)17-20-40)45(63-50)29-46(58)53-24-9-10-37(53)31-57/h11-22,26,28,32,37,42,45,47,52,56-57H,6-10,23-25,27,29-31H2,1-5H3/t32-,37-,42?,45+,47-,50+/m0/s1. The van der Waals surface area contributed by atoms with Crippen molar-refractivity contribution >= 4 is 64.0 Å². The maximum Gasteiger partial charge on any atom is 0.264 e. The molecule has 4 aromatic rings. The number of hydrogen-bond donors (Lipinski definition) is 3. The van der Waals surface area contributed by atoms with Gasteiger partial charge < -0.3 is 39.5 Å². The van der Waals surface area contributed by atoms with Crippen LogP contribution in [0.2, 0.25) is 18.6 Å². The van der Waals surface area contributed by atoms with Gasteiger partial charge >= 0.3 is 0 Å². The molecule has 4 aromatic carbocycles. The fraction of sp³-hybridized carbons (Fsp3) is 0.460. The second-order valence-electron chi connectivity index (χ2n) is 18.2. The summed E-state index contributed by atoms with van der Waals surface area (Å²) >= 11 is 3.71. The zero-order valence-electron chi connectivity index (χ0n) is 37.5. The zero-order chi connectivity index (χ0) is 45.3. The van der Waals surface area contributed by atoms with Gasteiger partial charge in [-0.05, 0) is 123 Å². The number of methoxy groups -OCH3 is 1. The maximum absolute atomic E-state index is 15.5. The highest BCUT2D eigenvalue weighted by atomic mass is 79.9. The summed E-state index contributed by atoms with van der Waals surface area (Å²) in [5.74, 6) is 0.945. The van der Waals surface area contributed by atoms with Crippen molar-refractivity contribution in [2.75, 3.05) is 49.8 Å². The van der Waals surface area contributed by atoms with E-state index in [4.69, 9.17) is 14.2 Å². The molecule has 1 unspecified atom stereocenters. The molecule has 4 aliphatic rings. The Morgan fingerprint density at radius 2 is 1.70 bits per heavy atom. The van der Waals surface area contributed by atoms with Crippen molar-refractivity contribution in [3.8, 4) is 11.5 Å². The first-order chi connectivity index (χ1) is 30.9. The van der Waals surface area contributed by atoms with E-state index in [1.165, 1.54) is 5.19 Å². The van der Waals surface area contributed by atoms with Crippen LogP contribution in [-0.4, -0.2) is 99.1 Å². The Morgan fingerprint density at radius 3 is 2.41 bits per heavy atom. The van der Waals surface area contributed by atoms with Gasteiger partial charge in [0.25, 0.3) is 5.91 Å². The van der Waals surface area contributed by atoms with E-state index in [1.54, 1.807) is 16.9 Å². The third-order valence-corrected chi connectivity index (χ3v) is 19.0. The quantitative estimate of drug-likeness (QED) is 0.0805. The highest BCUT2D eigenvalue weighted by molar-refractivity contribution is 9.10. The SMILES string of the molecule is CCOc1ccc2c(c1)CC(NCCCCO)C(=O)N2c1ccc(CN2C(=O)[C@]3(O[C@H](CC(=O)N4CCC[C@H]4CO)[C@@H]([Si](C)(C)c4ccc(OC)cc4)[C@@H]3C)c3cc(Br)ccc32)cc1. The fourth-order valence-corrected chi connectivity index (χ4v) is 15.3. The highest BCUT2D eigenvalue weighted by Crippen LogP contribution is 2.60. The molecular weight excluding hydrogens is 893 g/mol. The summed E-state index contributed by atoms with van der Waals surface area (Å²) in [6.45, 7) is 10.7. The number of nitrogens with one attached hydrogen (secondary N) is 1. The average molecular weight is 954 g/mol. The lowest BCUT2D eigenvalue weighted by Crippen LogP contribution is -2.52. The summed E-state index contributed by atoms with van der Waals surface area (Å²) in [6.07, 6.45) is 3.11. The molecule has 0 saturated carbocycles. The Labute approximate surface area is 386 Å². The van der Waals surface area contributed by atoms with Gasteiger partial charge in [-0.1, -0.05) is 65.4 Å². The number of nitrogens with zero attached hydrogens (tertiary/aromatic N) is 3. The lowest BCUT2D eigenvalue weighted by molar-refractivity contribution is -0.150. The van der Waals surface area contributed by atoms with Crippen LogP contribution >= 0.6 is 15.9 Å². The molecule has 0 aromatic heterocycles. The number of ether oxygens (including phenoxy) is 3. The Bertz CT molecular complexity index is 2350. The number of unbranched alkanes of at least 4 members (excludes halogenated alkanes) is 1. The summed E-state index contributed by atoms with van der Waals surface area (Å²) < 4.78 is 19.4. The van der Waals surface area contributed by atoms with Gasteiger partial charge in [-0.25, -0.2) is 0 Å². The highest BCUT2D eigenvalue weighted by Gasteiger charge is 2.66. The Balaban J connectivity index is 1.11. The van der Waals surface area contributed by atoms with E-state index in [0.29, 0.717) is 38.2 Å². The van der Waals surface area contributed by atoms with E-state index in [9.17, 15) is 19.8 Å². The van der Waals surface area contributed by atoms with Crippen LogP contribution in [0.5, 0.6) is 11.5 Å². The number of anilines is 3. The first-order valence-electron chi connectivity index (χ1n) is 22.7. The minimum Gasteiger partial charge on any atom is -0.497 e. The molecule has 0 bridgehead atoms. The minimum absolute atomic E-state index is 0.0551. The molecule has 3 amide bonds. The summed E-state index contributed by atoms with van der Waals surface area (Å²) in [4.78, 5) is 49.3. The number of aliphatic hydroxyl groups excluding tert-OH is 2. The van der Waals surface area contributed by atoms with E-state index >= 15 is 4.79 Å². The van der Waals surface area contributed by atoms with Crippen LogP contribution in [0.15, 0.2) is 89.4 Å². The van der Waals surface area contributed by atoms with Crippen molar-refractivity contribution in [3.63, 3.8) is 0 Å². The lowest BCUT2D eigenvalue weighted by Gasteiger charge is -2.37. The number of hydrogen-bond acceptors (Lipinski definition) is 9. The van der Waals surface area contributed by atoms with E-state index in [0.717, 1.165) is 63.3 Å². The third kappa shape index (κ3) is 8.41. The summed E-state index contributed by atoms with van der Waals surface area (Å²) in [5.41, 5.74) is 3.46. The van der Waals surface area contributed by atoms with Crippen LogP contribution in [0.1, 0.15) is 62.6 Å². The number of halogens is 1. The fourth-order valence-electron chi connectivity index (χ4n) is 10.9. The molecule has 8 rings (SSSR count). The summed E-state index contributed by atoms with van der Waals surface area (Å²) in [7, 11) is -0.856. The first kappa shape index (κ1) is 46.0. The van der Waals surface area contributed by atoms with Crippen molar-refractivity contribution < 1.29 is 38.8 Å². The first-order valence-corrected chi connectivity index (χ1v) is 26.6. The molecule has 12 nitrogen and oxygen atoms in total. The van der Waals surface area contributed by atoms with Crippen LogP contribution in [0, 0.1) is 5.92 Å². The molecule has 64 heavy (non-hydrogen) atoms. The number of benzene rings is 4. The molecule has 2 saturated heterocycles. The van der Waals surface area contributed by atoms with Gasteiger partial charge in [0.05, 0.1) is 70.9 Å². The van der Waals surface area contributed by atoms with Gasteiger partial charge in [0.1, 0.15) is 11.5 Å². The number of aliphatic hydroxyl groups is 2. The van der Waals surface area contributed by atoms with Crippen molar-refractivity contribution in [1.82, 2.24) is 10.2 Å². The van der Waals surface area contributed by atoms with Crippen LogP contribution in [0.4, 0.5) is 17.1 Å². The molecule has 4 heterocycles. The Morgan fingerprint density at radius 1 is 0.969 bits per heavy atom. The van der Waals surface area contributed by atoms with Crippen LogP contribution in [-0.2, 0) is 37.7 Å². The molecule has 0 radical (unpaired) electrons. The molecule has 340 valence electrons. The maximum atomic E-state index is 15.5. The molecule has 3 N–H and O–H groups in total. The minimum atomic E-state index is -2.51. The Kier molecular flexibility index (Phi) is 13.7. The predicted octanol–water partition coefficient (Wildman–Crippen LogP) is 6.94. The number of fused-ring (bicyclic) bond motifs is 3. The molecule has 2 fully saturated rings. The topological polar surface area (TPSA) is 141 Å². The summed E-state index contributed by atoms with van der Waals surface area (Å²) in [6, 6.07) is 27.1. The third-order valence-electron chi connectivity index (χ3n) is 14.1. The molecular formula is C50H61BrN4O8Si. The average Bonchev–Trinajstić information content (AvgIpc) is 3.96. The predicted molar refractivity (Wildman–Crippen MR) is 254 cm³/mol. The normalized spacial score (nSPS) is 24.1. The number of carbonyl (C=O) groups is 3. The van der Waals surface area contributed by atoms with Crippen molar-refractivity contribution in [3.05, 3.63) is 106 Å². The van der Waals surface area contributed by atoms with Gasteiger partial charge in [-0.2, -0.15) is 0 Å². The monoisotopic (exact) mass is 952 g/mol. The number of amides is 3. The lowest BCUT2D eigenvalue weighted by atomic mass is 9.82. The van der Waals surface area contributed by atoms with Gasteiger partial charge in [-0.15, -0.1) is 0 Å². The van der Waals surface area contributed by atoms with E-state index in [-0.39, 0.29) is 61.4 Å². The second-order valence-corrected chi connectivity index (χ2v) is 23.8. The largest absolute Gasteiger partial charge is 0.497 e. The smallest absolute Gasteiger partial charge is 0.264 e.